The first kappa shape index (κ1) is 28.4. The van der Waals surface area contributed by atoms with Gasteiger partial charge in [-0.25, -0.2) is 0 Å². The van der Waals surface area contributed by atoms with Crippen LogP contribution in [0, 0.1) is 11.8 Å². The fourth-order valence-corrected chi connectivity index (χ4v) is 6.89. The first-order chi connectivity index (χ1) is 19.4. The zero-order valence-electron chi connectivity index (χ0n) is 23.6. The quantitative estimate of drug-likeness (QED) is 0.232. The maximum Gasteiger partial charge on any atom is 0.144 e. The summed E-state index contributed by atoms with van der Waals surface area (Å²) in [5, 5.41) is 6.96. The van der Waals surface area contributed by atoms with Crippen LogP contribution >= 0.6 is 15.9 Å². The zero-order valence-corrected chi connectivity index (χ0v) is 25.2. The van der Waals surface area contributed by atoms with Gasteiger partial charge in [0.15, 0.2) is 0 Å². The summed E-state index contributed by atoms with van der Waals surface area (Å²) in [5.41, 5.74) is 7.56. The molecule has 0 radical (unpaired) electrons. The molecule has 1 fully saturated rings. The van der Waals surface area contributed by atoms with E-state index in [1.54, 1.807) is 0 Å². The molecule has 0 amide bonds. The number of carbonyl (C=O) groups is 1. The largest absolute Gasteiger partial charge is 0.385 e. The monoisotopic (exact) mass is 596 g/mol. The number of carbonyl (C=O) groups excluding carboxylic acids is 1. The second kappa shape index (κ2) is 13.0. The molecule has 5 rings (SSSR count). The Morgan fingerprint density at radius 2 is 1.68 bits per heavy atom. The Balaban J connectivity index is 1.36. The van der Waals surface area contributed by atoms with Gasteiger partial charge in [0.1, 0.15) is 5.78 Å². The molecule has 0 aromatic heterocycles. The van der Waals surface area contributed by atoms with E-state index in [2.05, 4.69) is 89.1 Å². The standard InChI is InChI=1S/C36H41BrN2O/c1-24(39-31-16-14-30(37)15-17-31)21-35-34-23-29(26(3)38-20-19-27-9-5-4-6-10-27)13-18-32(34)25(2)33(36(35)40)22-28-11-7-8-12-28/h4-6,9-10,13-18,23,25,28,33,35,38-39H,1,3,7-8,11-12,19-22H2,2H3. The summed E-state index contributed by atoms with van der Waals surface area (Å²) in [6.07, 6.45) is 7.67. The van der Waals surface area contributed by atoms with E-state index >= 15 is 0 Å². The number of hydrogen-bond donors (Lipinski definition) is 2. The molecule has 0 heterocycles. The Kier molecular flexibility index (Phi) is 9.26. The van der Waals surface area contributed by atoms with Gasteiger partial charge in [-0.15, -0.1) is 0 Å². The molecule has 4 heteroatoms. The van der Waals surface area contributed by atoms with Crippen molar-refractivity contribution < 1.29 is 4.79 Å². The van der Waals surface area contributed by atoms with Crippen LogP contribution in [0.15, 0.2) is 96.1 Å². The zero-order chi connectivity index (χ0) is 28.1. The predicted molar refractivity (Wildman–Crippen MR) is 171 cm³/mol. The Hall–Kier alpha value is -3.11. The van der Waals surface area contributed by atoms with Gasteiger partial charge in [-0.05, 0) is 77.3 Å². The van der Waals surface area contributed by atoms with E-state index in [0.29, 0.717) is 18.1 Å². The lowest BCUT2D eigenvalue weighted by atomic mass is 9.66. The summed E-state index contributed by atoms with van der Waals surface area (Å²) < 4.78 is 1.04. The van der Waals surface area contributed by atoms with E-state index in [0.717, 1.165) is 52.1 Å². The minimum atomic E-state index is -0.204. The molecular weight excluding hydrogens is 556 g/mol. The Morgan fingerprint density at radius 1 is 0.950 bits per heavy atom. The van der Waals surface area contributed by atoms with E-state index in [4.69, 9.17) is 0 Å². The second-order valence-corrected chi connectivity index (χ2v) is 12.6. The first-order valence-corrected chi connectivity index (χ1v) is 15.5. The Labute approximate surface area is 248 Å². The van der Waals surface area contributed by atoms with Crippen molar-refractivity contribution in [2.45, 2.75) is 63.7 Å². The highest BCUT2D eigenvalue weighted by Gasteiger charge is 2.41. The average Bonchev–Trinajstić information content (AvgIpc) is 3.48. The molecule has 3 unspecified atom stereocenters. The van der Waals surface area contributed by atoms with Crippen LogP contribution in [0.5, 0.6) is 0 Å². The van der Waals surface area contributed by atoms with Gasteiger partial charge in [0.05, 0.1) is 0 Å². The Morgan fingerprint density at radius 3 is 2.40 bits per heavy atom. The van der Waals surface area contributed by atoms with Gasteiger partial charge in [0.25, 0.3) is 0 Å². The highest BCUT2D eigenvalue weighted by atomic mass is 79.9. The van der Waals surface area contributed by atoms with Crippen molar-refractivity contribution in [2.75, 3.05) is 11.9 Å². The number of allylic oxidation sites excluding steroid dienone is 1. The van der Waals surface area contributed by atoms with Gasteiger partial charge in [0.2, 0.25) is 0 Å². The first-order valence-electron chi connectivity index (χ1n) is 14.7. The topological polar surface area (TPSA) is 41.1 Å². The van der Waals surface area contributed by atoms with Gasteiger partial charge >= 0.3 is 0 Å². The predicted octanol–water partition coefficient (Wildman–Crippen LogP) is 9.23. The summed E-state index contributed by atoms with van der Waals surface area (Å²) in [7, 11) is 0. The van der Waals surface area contributed by atoms with Gasteiger partial charge in [-0.1, -0.05) is 104 Å². The maximum atomic E-state index is 14.2. The van der Waals surface area contributed by atoms with Gasteiger partial charge < -0.3 is 10.6 Å². The summed E-state index contributed by atoms with van der Waals surface area (Å²) in [6, 6.07) is 25.2. The molecule has 208 valence electrons. The third-order valence-corrected chi connectivity index (χ3v) is 9.42. The van der Waals surface area contributed by atoms with Crippen molar-refractivity contribution in [2.24, 2.45) is 11.8 Å². The highest BCUT2D eigenvalue weighted by molar-refractivity contribution is 9.10. The van der Waals surface area contributed by atoms with Gasteiger partial charge in [-0.2, -0.15) is 0 Å². The second-order valence-electron chi connectivity index (χ2n) is 11.7. The minimum Gasteiger partial charge on any atom is -0.385 e. The molecule has 2 N–H and O–H groups in total. The molecule has 3 nitrogen and oxygen atoms in total. The molecule has 2 aliphatic rings. The molecule has 0 bridgehead atoms. The van der Waals surface area contributed by atoms with Crippen LogP contribution in [0.1, 0.15) is 79.5 Å². The summed E-state index contributed by atoms with van der Waals surface area (Å²) >= 11 is 3.50. The van der Waals surface area contributed by atoms with Crippen LogP contribution in [0.3, 0.4) is 0 Å². The maximum absolute atomic E-state index is 14.2. The number of ketones is 1. The molecule has 2 aliphatic carbocycles. The van der Waals surface area contributed by atoms with Crippen molar-refractivity contribution >= 4 is 33.1 Å². The SMILES string of the molecule is C=C(CC1C(=O)C(CC2CCCC2)C(C)c2ccc(C(=C)NCCc3ccccc3)cc21)Nc1ccc(Br)cc1. The molecular formula is C36H41BrN2O. The molecule has 3 aromatic carbocycles. The normalized spacial score (nSPS) is 20.6. The van der Waals surface area contributed by atoms with Crippen molar-refractivity contribution in [3.05, 3.63) is 118 Å². The number of nitrogens with one attached hydrogen (secondary N) is 2. The van der Waals surface area contributed by atoms with Crippen LogP contribution in [-0.2, 0) is 11.2 Å². The van der Waals surface area contributed by atoms with E-state index in [9.17, 15) is 4.79 Å². The third-order valence-electron chi connectivity index (χ3n) is 8.89. The minimum absolute atomic E-state index is 0.0686. The number of anilines is 1. The number of halogens is 1. The number of rotatable bonds is 11. The van der Waals surface area contributed by atoms with E-state index in [-0.39, 0.29) is 17.8 Å². The highest BCUT2D eigenvalue weighted by Crippen LogP contribution is 2.47. The molecule has 3 aromatic rings. The van der Waals surface area contributed by atoms with E-state index in [1.807, 2.05) is 30.3 Å². The number of hydrogen-bond acceptors (Lipinski definition) is 3. The fraction of sp³-hybridized carbons (Fsp3) is 0.361. The van der Waals surface area contributed by atoms with Crippen molar-refractivity contribution in [3.63, 3.8) is 0 Å². The van der Waals surface area contributed by atoms with Gasteiger partial charge in [-0.3, -0.25) is 4.79 Å². The number of Topliss-reactive ketones (excluding diaryl/α,β-unsaturated/α-hetero) is 1. The van der Waals surface area contributed by atoms with Gasteiger partial charge in [0, 0.05) is 46.4 Å². The third kappa shape index (κ3) is 6.78. The van der Waals surface area contributed by atoms with Crippen LogP contribution in [0.25, 0.3) is 5.70 Å². The average molecular weight is 598 g/mol. The molecule has 0 spiro atoms. The lowest BCUT2D eigenvalue weighted by Crippen LogP contribution is -2.34. The molecule has 1 saturated carbocycles. The fourth-order valence-electron chi connectivity index (χ4n) is 6.63. The summed E-state index contributed by atoms with van der Waals surface area (Å²) in [4.78, 5) is 14.2. The smallest absolute Gasteiger partial charge is 0.144 e. The van der Waals surface area contributed by atoms with Crippen molar-refractivity contribution in [3.8, 4) is 0 Å². The molecule has 3 atom stereocenters. The number of fused-ring (bicyclic) bond motifs is 1. The Bertz CT molecular complexity index is 1340. The molecule has 40 heavy (non-hydrogen) atoms. The van der Waals surface area contributed by atoms with Crippen LogP contribution in [0.2, 0.25) is 0 Å². The van der Waals surface area contributed by atoms with Crippen molar-refractivity contribution in [1.82, 2.24) is 5.32 Å². The van der Waals surface area contributed by atoms with E-state index in [1.165, 1.54) is 36.8 Å². The number of benzene rings is 3. The lowest BCUT2D eigenvalue weighted by molar-refractivity contribution is -0.126. The van der Waals surface area contributed by atoms with Crippen LogP contribution in [0.4, 0.5) is 5.69 Å². The molecule has 0 aliphatic heterocycles. The van der Waals surface area contributed by atoms with Crippen molar-refractivity contribution in [1.29, 1.82) is 0 Å². The summed E-state index contributed by atoms with van der Waals surface area (Å²) in [6.45, 7) is 11.8. The summed E-state index contributed by atoms with van der Waals surface area (Å²) in [5.74, 6) is 1.14. The van der Waals surface area contributed by atoms with Crippen LogP contribution in [-0.4, -0.2) is 12.3 Å². The van der Waals surface area contributed by atoms with Crippen LogP contribution < -0.4 is 10.6 Å². The lowest BCUT2D eigenvalue weighted by Gasteiger charge is -2.37. The van der Waals surface area contributed by atoms with E-state index < -0.39 is 0 Å². The molecule has 0 saturated heterocycles.